The van der Waals surface area contributed by atoms with Gasteiger partial charge in [-0.2, -0.15) is 13.2 Å². The van der Waals surface area contributed by atoms with E-state index in [9.17, 15) is 13.2 Å². The van der Waals surface area contributed by atoms with Gasteiger partial charge < -0.3 is 0 Å². The van der Waals surface area contributed by atoms with E-state index in [1.54, 1.807) is 0 Å². The molecule has 0 fully saturated rings. The Bertz CT molecular complexity index is 782. The Kier molecular flexibility index (Phi) is 2.86. The van der Waals surface area contributed by atoms with Crippen LogP contribution in [0.15, 0.2) is 36.7 Å². The van der Waals surface area contributed by atoms with Crippen LogP contribution in [0.1, 0.15) is 5.69 Å². The van der Waals surface area contributed by atoms with Crippen LogP contribution in [-0.4, -0.2) is 19.4 Å². The monoisotopic (exact) mass is 298 g/mol. The lowest BCUT2D eigenvalue weighted by molar-refractivity contribution is -0.140. The first-order valence-electron chi connectivity index (χ1n) is 5.50. The number of aromatic nitrogens is 4. The lowest BCUT2D eigenvalue weighted by Gasteiger charge is -2.07. The van der Waals surface area contributed by atoms with Gasteiger partial charge in [0.1, 0.15) is 10.8 Å². The minimum Gasteiger partial charge on any atom is -0.281 e. The lowest BCUT2D eigenvalue weighted by Crippen LogP contribution is -2.08. The third-order valence-electron chi connectivity index (χ3n) is 2.63. The van der Waals surface area contributed by atoms with Gasteiger partial charge in [-0.1, -0.05) is 17.7 Å². The molecule has 102 valence electrons. The summed E-state index contributed by atoms with van der Waals surface area (Å²) in [6.45, 7) is 0. The molecule has 0 spiro atoms. The second kappa shape index (κ2) is 4.45. The number of alkyl halides is 3. The first-order chi connectivity index (χ1) is 9.47. The lowest BCUT2D eigenvalue weighted by atomic mass is 10.2. The van der Waals surface area contributed by atoms with Crippen molar-refractivity contribution in [1.29, 1.82) is 0 Å². The SMILES string of the molecule is FC(F)(F)c1nc2ncccn2c1-c1cccc(Cl)n1. The molecule has 0 aliphatic rings. The average Bonchev–Trinajstić information content (AvgIpc) is 2.78. The smallest absolute Gasteiger partial charge is 0.281 e. The molecular formula is C12H6ClF3N4. The summed E-state index contributed by atoms with van der Waals surface area (Å²) < 4.78 is 40.6. The molecule has 0 aliphatic heterocycles. The minimum atomic E-state index is -4.60. The van der Waals surface area contributed by atoms with Crippen molar-refractivity contribution in [3.63, 3.8) is 0 Å². The van der Waals surface area contributed by atoms with E-state index in [2.05, 4.69) is 15.0 Å². The van der Waals surface area contributed by atoms with E-state index in [1.807, 2.05) is 0 Å². The summed E-state index contributed by atoms with van der Waals surface area (Å²) in [6.07, 6.45) is -1.78. The third-order valence-corrected chi connectivity index (χ3v) is 2.84. The molecule has 0 amide bonds. The zero-order chi connectivity index (χ0) is 14.3. The van der Waals surface area contributed by atoms with Gasteiger partial charge >= 0.3 is 6.18 Å². The maximum atomic E-state index is 13.1. The van der Waals surface area contributed by atoms with Gasteiger partial charge in [-0.3, -0.25) is 4.40 Å². The molecule has 0 saturated carbocycles. The average molecular weight is 299 g/mol. The van der Waals surface area contributed by atoms with Gasteiger partial charge in [-0.15, -0.1) is 0 Å². The van der Waals surface area contributed by atoms with Crippen LogP contribution in [0.3, 0.4) is 0 Å². The molecule has 0 bridgehead atoms. The number of hydrogen-bond acceptors (Lipinski definition) is 3. The van der Waals surface area contributed by atoms with Crippen molar-refractivity contribution in [2.75, 3.05) is 0 Å². The zero-order valence-corrected chi connectivity index (χ0v) is 10.5. The van der Waals surface area contributed by atoms with Crippen LogP contribution in [-0.2, 0) is 6.18 Å². The van der Waals surface area contributed by atoms with E-state index in [4.69, 9.17) is 11.6 Å². The van der Waals surface area contributed by atoms with Crippen LogP contribution in [0.5, 0.6) is 0 Å². The van der Waals surface area contributed by atoms with E-state index >= 15 is 0 Å². The molecule has 0 aliphatic carbocycles. The second-order valence-corrected chi connectivity index (χ2v) is 4.33. The van der Waals surface area contributed by atoms with Gasteiger partial charge in [0.05, 0.1) is 5.69 Å². The Morgan fingerprint density at radius 1 is 1.10 bits per heavy atom. The van der Waals surface area contributed by atoms with Crippen molar-refractivity contribution in [2.45, 2.75) is 6.18 Å². The molecule has 0 N–H and O–H groups in total. The maximum absolute atomic E-state index is 13.1. The van der Waals surface area contributed by atoms with Crippen molar-refractivity contribution >= 4 is 17.4 Å². The molecule has 8 heteroatoms. The zero-order valence-electron chi connectivity index (χ0n) is 9.76. The highest BCUT2D eigenvalue weighted by molar-refractivity contribution is 6.29. The highest BCUT2D eigenvalue weighted by Gasteiger charge is 2.39. The Hall–Kier alpha value is -2.15. The molecule has 3 aromatic heterocycles. The summed E-state index contributed by atoms with van der Waals surface area (Å²) >= 11 is 5.74. The van der Waals surface area contributed by atoms with Gasteiger partial charge in [0.2, 0.25) is 5.78 Å². The normalized spacial score (nSPS) is 12.0. The molecule has 0 unspecified atom stereocenters. The molecular weight excluding hydrogens is 293 g/mol. The number of pyridine rings is 1. The summed E-state index contributed by atoms with van der Waals surface area (Å²) in [7, 11) is 0. The first-order valence-corrected chi connectivity index (χ1v) is 5.88. The molecule has 3 rings (SSSR count). The number of imidazole rings is 1. The predicted octanol–water partition coefficient (Wildman–Crippen LogP) is 3.46. The van der Waals surface area contributed by atoms with E-state index in [0.29, 0.717) is 0 Å². The number of nitrogens with zero attached hydrogens (tertiary/aromatic N) is 4. The molecule has 20 heavy (non-hydrogen) atoms. The summed E-state index contributed by atoms with van der Waals surface area (Å²) in [4.78, 5) is 11.3. The quantitative estimate of drug-likeness (QED) is 0.646. The predicted molar refractivity (Wildman–Crippen MR) is 66.2 cm³/mol. The molecule has 0 aromatic carbocycles. The molecule has 3 aromatic rings. The molecule has 0 radical (unpaired) electrons. The van der Waals surface area contributed by atoms with Crippen LogP contribution < -0.4 is 0 Å². The summed E-state index contributed by atoms with van der Waals surface area (Å²) in [5, 5.41) is 0.106. The topological polar surface area (TPSA) is 43.1 Å². The second-order valence-electron chi connectivity index (χ2n) is 3.94. The fraction of sp³-hybridized carbons (Fsp3) is 0.0833. The minimum absolute atomic E-state index is 0.0448. The highest BCUT2D eigenvalue weighted by Crippen LogP contribution is 2.36. The first kappa shape index (κ1) is 12.9. The number of rotatable bonds is 1. The fourth-order valence-corrected chi connectivity index (χ4v) is 2.03. The van der Waals surface area contributed by atoms with Crippen molar-refractivity contribution in [1.82, 2.24) is 19.4 Å². The van der Waals surface area contributed by atoms with Crippen molar-refractivity contribution in [3.05, 3.63) is 47.5 Å². The van der Waals surface area contributed by atoms with Gasteiger partial charge in [0.15, 0.2) is 5.69 Å². The van der Waals surface area contributed by atoms with Crippen LogP contribution in [0.4, 0.5) is 13.2 Å². The number of fused-ring (bicyclic) bond motifs is 1. The Labute approximate surface area is 115 Å². The Morgan fingerprint density at radius 3 is 2.60 bits per heavy atom. The largest absolute Gasteiger partial charge is 0.435 e. The van der Waals surface area contributed by atoms with E-state index in [-0.39, 0.29) is 22.3 Å². The number of halogens is 4. The molecule has 0 saturated heterocycles. The van der Waals surface area contributed by atoms with Crippen molar-refractivity contribution in [2.24, 2.45) is 0 Å². The molecule has 0 atom stereocenters. The molecule has 4 nitrogen and oxygen atoms in total. The van der Waals surface area contributed by atoms with Crippen molar-refractivity contribution in [3.8, 4) is 11.4 Å². The standard InChI is InChI=1S/C12H6ClF3N4/c13-8-4-1-3-7(18-8)9-10(12(14,15)16)19-11-17-5-2-6-20(9)11/h1-6H. The van der Waals surface area contributed by atoms with E-state index in [0.717, 1.165) is 0 Å². The molecule has 3 heterocycles. The maximum Gasteiger partial charge on any atom is 0.435 e. The summed E-state index contributed by atoms with van der Waals surface area (Å²) in [5.41, 5.74) is -1.13. The highest BCUT2D eigenvalue weighted by atomic mass is 35.5. The van der Waals surface area contributed by atoms with E-state index in [1.165, 1.54) is 41.1 Å². The van der Waals surface area contributed by atoms with Crippen LogP contribution >= 0.6 is 11.6 Å². The number of hydrogen-bond donors (Lipinski definition) is 0. The van der Waals surface area contributed by atoms with E-state index < -0.39 is 11.9 Å². The van der Waals surface area contributed by atoms with Crippen molar-refractivity contribution < 1.29 is 13.2 Å². The van der Waals surface area contributed by atoms with Crippen LogP contribution in [0, 0.1) is 0 Å². The third kappa shape index (κ3) is 2.09. The summed E-state index contributed by atoms with van der Waals surface area (Å²) in [6, 6.07) is 5.97. The van der Waals surface area contributed by atoms with Gasteiger partial charge in [-0.05, 0) is 18.2 Å². The van der Waals surface area contributed by atoms with Gasteiger partial charge in [0.25, 0.3) is 0 Å². The van der Waals surface area contributed by atoms with Gasteiger partial charge in [-0.25, -0.2) is 15.0 Å². The Morgan fingerprint density at radius 2 is 1.90 bits per heavy atom. The van der Waals surface area contributed by atoms with Crippen LogP contribution in [0.25, 0.3) is 17.2 Å². The van der Waals surface area contributed by atoms with Crippen LogP contribution in [0.2, 0.25) is 5.15 Å². The van der Waals surface area contributed by atoms with Gasteiger partial charge in [0, 0.05) is 12.4 Å². The Balaban J connectivity index is 2.37. The summed E-state index contributed by atoms with van der Waals surface area (Å²) in [5.74, 6) is -0.0448. The fourth-order valence-electron chi connectivity index (χ4n) is 1.87.